The minimum atomic E-state index is 0.329. The van der Waals surface area contributed by atoms with E-state index in [9.17, 15) is 0 Å². The lowest BCUT2D eigenvalue weighted by Crippen LogP contribution is -2.30. The van der Waals surface area contributed by atoms with Gasteiger partial charge in [-0.2, -0.15) is 0 Å². The number of rotatable bonds is 5. The van der Waals surface area contributed by atoms with Crippen LogP contribution in [0.5, 0.6) is 0 Å². The normalized spacial score (nSPS) is 11.5. The average Bonchev–Trinajstić information content (AvgIpc) is 3.03. The van der Waals surface area contributed by atoms with Gasteiger partial charge < -0.3 is 5.73 Å². The van der Waals surface area contributed by atoms with Gasteiger partial charge in [-0.25, -0.2) is 4.98 Å². The molecule has 0 atom stereocenters. The molecule has 5 nitrogen and oxygen atoms in total. The molecule has 0 saturated carbocycles. The van der Waals surface area contributed by atoms with Gasteiger partial charge in [0.15, 0.2) is 0 Å². The van der Waals surface area contributed by atoms with Crippen LogP contribution in [0.15, 0.2) is 47.7 Å². The van der Waals surface area contributed by atoms with E-state index in [1.54, 1.807) is 18.5 Å². The molecular weight excluding hydrogens is 377 g/mol. The third-order valence-corrected chi connectivity index (χ3v) is 5.33. The van der Waals surface area contributed by atoms with Crippen LogP contribution in [0.3, 0.4) is 0 Å². The minimum Gasteiger partial charge on any atom is -0.362 e. The Labute approximate surface area is 158 Å². The van der Waals surface area contributed by atoms with Crippen LogP contribution in [0.1, 0.15) is 16.1 Å². The first-order valence-corrected chi connectivity index (χ1v) is 8.87. The number of amidine groups is 1. The number of pyridine rings is 1. The number of aliphatic imine (C=N–C) groups is 1. The lowest BCUT2D eigenvalue weighted by molar-refractivity contribution is -0.106. The Kier molecular flexibility index (Phi) is 5.43. The molecule has 3 rings (SSSR count). The number of aromatic nitrogens is 2. The maximum atomic E-state index is 6.11. The van der Waals surface area contributed by atoms with Crippen molar-refractivity contribution in [3.05, 3.63) is 68.9 Å². The predicted octanol–water partition coefficient (Wildman–Crippen LogP) is 2.60. The van der Waals surface area contributed by atoms with E-state index in [0.717, 1.165) is 26.7 Å². The van der Waals surface area contributed by atoms with Gasteiger partial charge >= 0.3 is 0 Å². The largest absolute Gasteiger partial charge is 0.362 e. The highest BCUT2D eigenvalue weighted by atomic mass is 35.5. The highest BCUT2D eigenvalue weighted by Crippen LogP contribution is 2.30. The van der Waals surface area contributed by atoms with Crippen molar-refractivity contribution in [1.29, 1.82) is 0 Å². The highest BCUT2D eigenvalue weighted by Gasteiger charge is 2.19. The van der Waals surface area contributed by atoms with Crippen molar-refractivity contribution in [2.45, 2.75) is 6.42 Å². The van der Waals surface area contributed by atoms with Crippen molar-refractivity contribution in [2.75, 3.05) is 0 Å². The molecule has 0 aliphatic heterocycles. The molecular formula is C17H14Cl2N5S+. The molecule has 4 N–H and O–H groups in total. The van der Waals surface area contributed by atoms with Crippen molar-refractivity contribution in [2.24, 2.45) is 10.7 Å². The number of hydrogen-bond acceptors (Lipinski definition) is 3. The summed E-state index contributed by atoms with van der Waals surface area (Å²) in [5, 5.41) is 7.23. The molecule has 0 saturated heterocycles. The SMILES string of the molecule is NC(=NC=[NH2+])c1sc(-c2ccncc2)nc1Cc1ccc(Cl)c(Cl)c1. The molecule has 0 spiro atoms. The van der Waals surface area contributed by atoms with Gasteiger partial charge in [0.05, 0.1) is 15.7 Å². The number of thiazole rings is 1. The third-order valence-electron chi connectivity index (χ3n) is 3.43. The van der Waals surface area contributed by atoms with Crippen LogP contribution in [0.2, 0.25) is 10.0 Å². The zero-order valence-electron chi connectivity index (χ0n) is 13.0. The average molecular weight is 391 g/mol. The quantitative estimate of drug-likeness (QED) is 0.518. The molecule has 0 aliphatic carbocycles. The van der Waals surface area contributed by atoms with Crippen molar-refractivity contribution in [3.63, 3.8) is 0 Å². The molecule has 2 aromatic heterocycles. The lowest BCUT2D eigenvalue weighted by atomic mass is 10.1. The van der Waals surface area contributed by atoms with E-state index in [1.165, 1.54) is 17.7 Å². The summed E-state index contributed by atoms with van der Waals surface area (Å²) in [6.07, 6.45) is 5.17. The molecule has 3 aromatic rings. The van der Waals surface area contributed by atoms with Crippen LogP contribution in [-0.2, 0) is 6.42 Å². The van der Waals surface area contributed by atoms with Gasteiger partial charge in [-0.15, -0.1) is 11.3 Å². The monoisotopic (exact) mass is 390 g/mol. The van der Waals surface area contributed by atoms with Crippen molar-refractivity contribution in [3.8, 4) is 10.6 Å². The van der Waals surface area contributed by atoms with Gasteiger partial charge in [0.1, 0.15) is 9.88 Å². The van der Waals surface area contributed by atoms with Crippen LogP contribution >= 0.6 is 34.5 Å². The number of halogens is 2. The Balaban J connectivity index is 2.04. The first-order chi connectivity index (χ1) is 12.1. The summed E-state index contributed by atoms with van der Waals surface area (Å²) >= 11 is 13.5. The Bertz CT molecular complexity index is 937. The van der Waals surface area contributed by atoms with E-state index in [0.29, 0.717) is 22.3 Å². The summed E-state index contributed by atoms with van der Waals surface area (Å²) < 4.78 is 0. The van der Waals surface area contributed by atoms with Gasteiger partial charge in [0.25, 0.3) is 12.2 Å². The van der Waals surface area contributed by atoms with Crippen LogP contribution in [-0.4, -0.2) is 22.1 Å². The second kappa shape index (κ2) is 7.74. The molecule has 126 valence electrons. The molecule has 1 aromatic carbocycles. The van der Waals surface area contributed by atoms with Gasteiger partial charge in [-0.1, -0.05) is 29.3 Å². The van der Waals surface area contributed by atoms with Gasteiger partial charge in [0.2, 0.25) is 0 Å². The zero-order valence-corrected chi connectivity index (χ0v) is 15.3. The topological polar surface area (TPSA) is 89.8 Å². The van der Waals surface area contributed by atoms with Crippen LogP contribution in [0.25, 0.3) is 10.6 Å². The molecule has 0 aliphatic rings. The fraction of sp³-hybridized carbons (Fsp3) is 0.0588. The van der Waals surface area contributed by atoms with Gasteiger partial charge in [0, 0.05) is 24.4 Å². The molecule has 0 radical (unpaired) electrons. The molecule has 0 amide bonds. The highest BCUT2D eigenvalue weighted by molar-refractivity contribution is 7.17. The second-order valence-corrected chi connectivity index (χ2v) is 6.93. The van der Waals surface area contributed by atoms with E-state index in [1.807, 2.05) is 24.3 Å². The summed E-state index contributed by atoms with van der Waals surface area (Å²) in [7, 11) is 0. The Morgan fingerprint density at radius 3 is 2.64 bits per heavy atom. The predicted molar refractivity (Wildman–Crippen MR) is 103 cm³/mol. The first-order valence-electron chi connectivity index (χ1n) is 7.29. The van der Waals surface area contributed by atoms with Gasteiger partial charge in [-0.05, 0) is 34.8 Å². The summed E-state index contributed by atoms with van der Waals surface area (Å²) in [6.45, 7) is 0. The first kappa shape index (κ1) is 17.5. The molecule has 25 heavy (non-hydrogen) atoms. The van der Waals surface area contributed by atoms with Crippen molar-refractivity contribution < 1.29 is 5.41 Å². The summed E-state index contributed by atoms with van der Waals surface area (Å²) in [5.74, 6) is 0.329. The van der Waals surface area contributed by atoms with Crippen LogP contribution in [0.4, 0.5) is 0 Å². The van der Waals surface area contributed by atoms with E-state index in [4.69, 9.17) is 39.3 Å². The third kappa shape index (κ3) is 4.04. The Morgan fingerprint density at radius 1 is 1.20 bits per heavy atom. The fourth-order valence-electron chi connectivity index (χ4n) is 2.27. The lowest BCUT2D eigenvalue weighted by Gasteiger charge is -2.02. The van der Waals surface area contributed by atoms with E-state index in [-0.39, 0.29) is 0 Å². The fourth-order valence-corrected chi connectivity index (χ4v) is 3.59. The van der Waals surface area contributed by atoms with Crippen LogP contribution in [0, 0.1) is 0 Å². The molecule has 0 fully saturated rings. The van der Waals surface area contributed by atoms with Gasteiger partial charge in [-0.3, -0.25) is 10.4 Å². The molecule has 0 unspecified atom stereocenters. The summed E-state index contributed by atoms with van der Waals surface area (Å²) in [5.41, 5.74) is 8.80. The van der Waals surface area contributed by atoms with E-state index in [2.05, 4.69) is 9.98 Å². The number of nitrogens with two attached hydrogens (primary N) is 2. The number of nitrogens with zero attached hydrogens (tertiary/aromatic N) is 3. The number of benzene rings is 1. The summed E-state index contributed by atoms with van der Waals surface area (Å²) in [4.78, 5) is 13.5. The second-order valence-electron chi connectivity index (χ2n) is 5.12. The maximum Gasteiger partial charge on any atom is 0.279 e. The van der Waals surface area contributed by atoms with Crippen LogP contribution < -0.4 is 11.1 Å². The smallest absolute Gasteiger partial charge is 0.279 e. The summed E-state index contributed by atoms with van der Waals surface area (Å²) in [6, 6.07) is 9.29. The Morgan fingerprint density at radius 2 is 1.96 bits per heavy atom. The van der Waals surface area contributed by atoms with Crippen molar-refractivity contribution >= 4 is 46.7 Å². The van der Waals surface area contributed by atoms with E-state index < -0.39 is 0 Å². The molecule has 2 heterocycles. The molecule has 0 bridgehead atoms. The zero-order chi connectivity index (χ0) is 17.8. The Hall–Kier alpha value is -2.28. The van der Waals surface area contributed by atoms with Crippen molar-refractivity contribution in [1.82, 2.24) is 9.97 Å². The number of hydrogen-bond donors (Lipinski definition) is 2. The standard InChI is InChI=1S/C17H13Cl2N5S/c18-12-2-1-10(7-13(12)19)8-14-15(16(21)23-9-20)25-17(24-14)11-3-5-22-6-4-11/h1-7,9H,8H2,(H3,20,21,23)/p+1. The minimum absolute atomic E-state index is 0.329. The molecule has 8 heteroatoms. The maximum absolute atomic E-state index is 6.11. The van der Waals surface area contributed by atoms with E-state index >= 15 is 0 Å².